The molecule has 5 nitrogen and oxygen atoms in total. The van der Waals surface area contributed by atoms with Crippen LogP contribution in [0.5, 0.6) is 0 Å². The Morgan fingerprint density at radius 2 is 1.43 bits per heavy atom. The van der Waals surface area contributed by atoms with Crippen molar-refractivity contribution in [2.24, 2.45) is 41.4 Å². The van der Waals surface area contributed by atoms with Gasteiger partial charge < -0.3 is 14.2 Å². The zero-order valence-corrected chi connectivity index (χ0v) is 17.9. The number of hydrogen-bond acceptors (Lipinski definition) is 5. The molecular weight excluding hydrogens is 356 g/mol. The van der Waals surface area contributed by atoms with Crippen LogP contribution in [0.15, 0.2) is 12.2 Å². The molecule has 5 heteroatoms. The Labute approximate surface area is 168 Å². The molecule has 0 aromatic heterocycles. The van der Waals surface area contributed by atoms with Crippen LogP contribution in [0.3, 0.4) is 0 Å². The molecule has 0 saturated heterocycles. The van der Waals surface area contributed by atoms with E-state index in [0.717, 1.165) is 6.42 Å². The van der Waals surface area contributed by atoms with Crippen LogP contribution >= 0.6 is 0 Å². The Morgan fingerprint density at radius 1 is 0.857 bits per heavy atom. The van der Waals surface area contributed by atoms with Crippen molar-refractivity contribution in [3.05, 3.63) is 12.2 Å². The lowest BCUT2D eigenvalue weighted by Crippen LogP contribution is -2.44. The maximum Gasteiger partial charge on any atom is 0.509 e. The lowest BCUT2D eigenvalue weighted by molar-refractivity contribution is -0.159. The molecule has 8 unspecified atom stereocenters. The van der Waals surface area contributed by atoms with Crippen molar-refractivity contribution >= 4 is 12.1 Å². The summed E-state index contributed by atoms with van der Waals surface area (Å²) in [6.07, 6.45) is 6.46. The molecule has 0 aliphatic heterocycles. The van der Waals surface area contributed by atoms with Gasteiger partial charge in [0.05, 0.1) is 6.42 Å². The van der Waals surface area contributed by atoms with Crippen LogP contribution in [0.1, 0.15) is 60.8 Å². The van der Waals surface area contributed by atoms with Gasteiger partial charge in [-0.2, -0.15) is 0 Å². The van der Waals surface area contributed by atoms with Crippen molar-refractivity contribution in [2.45, 2.75) is 78.1 Å². The zero-order chi connectivity index (χ0) is 20.4. The number of carbonyl (C=O) groups excluding carboxylic acids is 2. The van der Waals surface area contributed by atoms with Crippen molar-refractivity contribution in [3.63, 3.8) is 0 Å². The molecule has 0 amide bonds. The second-order valence-electron chi connectivity index (χ2n) is 11.2. The second-order valence-corrected chi connectivity index (χ2v) is 11.2. The van der Waals surface area contributed by atoms with Crippen LogP contribution in [0.25, 0.3) is 0 Å². The zero-order valence-electron chi connectivity index (χ0n) is 17.9. The SMILES string of the molecule is CC(C)(C)OC(=O)CC1C2CC(C1OC(=O)OC(C)(C)C)C1C3C=CC(C3)C21. The fraction of sp³-hybridized carbons (Fsp3) is 0.826. The van der Waals surface area contributed by atoms with Gasteiger partial charge in [0.2, 0.25) is 0 Å². The van der Waals surface area contributed by atoms with Gasteiger partial charge in [0.15, 0.2) is 0 Å². The monoisotopic (exact) mass is 390 g/mol. The molecule has 156 valence electrons. The van der Waals surface area contributed by atoms with Crippen molar-refractivity contribution in [3.8, 4) is 0 Å². The summed E-state index contributed by atoms with van der Waals surface area (Å²) in [6.45, 7) is 11.2. The van der Waals surface area contributed by atoms with E-state index in [-0.39, 0.29) is 18.0 Å². The molecule has 4 aliphatic carbocycles. The summed E-state index contributed by atoms with van der Waals surface area (Å²) in [5, 5.41) is 0. The highest BCUT2D eigenvalue weighted by Crippen LogP contribution is 2.68. The summed E-state index contributed by atoms with van der Waals surface area (Å²) in [5.74, 6) is 3.04. The molecule has 4 rings (SSSR count). The van der Waals surface area contributed by atoms with E-state index in [0.29, 0.717) is 41.9 Å². The van der Waals surface area contributed by atoms with Crippen LogP contribution < -0.4 is 0 Å². The van der Waals surface area contributed by atoms with Gasteiger partial charge in [-0.25, -0.2) is 4.79 Å². The normalized spacial score (nSPS) is 40.5. The molecule has 3 fully saturated rings. The Balaban J connectivity index is 1.52. The molecule has 0 radical (unpaired) electrons. The van der Waals surface area contributed by atoms with Gasteiger partial charge in [0.1, 0.15) is 17.3 Å². The molecule has 0 aromatic rings. The fourth-order valence-corrected chi connectivity index (χ4v) is 6.51. The average molecular weight is 391 g/mol. The third kappa shape index (κ3) is 3.57. The molecule has 0 aromatic carbocycles. The number of hydrogen-bond donors (Lipinski definition) is 0. The molecule has 0 heterocycles. The summed E-state index contributed by atoms with van der Waals surface area (Å²) in [7, 11) is 0. The Morgan fingerprint density at radius 3 is 2.00 bits per heavy atom. The van der Waals surface area contributed by atoms with Crippen LogP contribution in [0, 0.1) is 41.4 Å². The third-order valence-corrected chi connectivity index (χ3v) is 6.95. The van der Waals surface area contributed by atoms with E-state index in [1.165, 1.54) is 6.42 Å². The summed E-state index contributed by atoms with van der Waals surface area (Å²) >= 11 is 0. The van der Waals surface area contributed by atoms with E-state index < -0.39 is 17.4 Å². The maximum absolute atomic E-state index is 12.6. The lowest BCUT2D eigenvalue weighted by Gasteiger charge is -2.41. The minimum atomic E-state index is -0.616. The molecule has 0 N–H and O–H groups in total. The highest BCUT2D eigenvalue weighted by Gasteiger charge is 2.66. The van der Waals surface area contributed by atoms with E-state index >= 15 is 0 Å². The van der Waals surface area contributed by atoms with Crippen LogP contribution in [-0.4, -0.2) is 29.4 Å². The maximum atomic E-state index is 12.6. The Bertz CT molecular complexity index is 626. The molecular formula is C23H34O5. The quantitative estimate of drug-likeness (QED) is 0.396. The smallest absolute Gasteiger partial charge is 0.460 e. The third-order valence-electron chi connectivity index (χ3n) is 6.95. The summed E-state index contributed by atoms with van der Waals surface area (Å²) in [6, 6.07) is 0. The summed E-state index contributed by atoms with van der Waals surface area (Å²) in [4.78, 5) is 25.0. The van der Waals surface area contributed by atoms with Gasteiger partial charge in [0.25, 0.3) is 0 Å². The van der Waals surface area contributed by atoms with Crippen molar-refractivity contribution in [1.29, 1.82) is 0 Å². The molecule has 4 bridgehead atoms. The molecule has 28 heavy (non-hydrogen) atoms. The topological polar surface area (TPSA) is 61.8 Å². The first-order valence-electron chi connectivity index (χ1n) is 10.7. The van der Waals surface area contributed by atoms with Crippen molar-refractivity contribution in [2.75, 3.05) is 0 Å². The first-order chi connectivity index (χ1) is 12.9. The minimum absolute atomic E-state index is 0.0290. The highest BCUT2D eigenvalue weighted by molar-refractivity contribution is 5.70. The van der Waals surface area contributed by atoms with Gasteiger partial charge in [0, 0.05) is 11.8 Å². The minimum Gasteiger partial charge on any atom is -0.460 e. The Hall–Kier alpha value is -1.52. The van der Waals surface area contributed by atoms with Gasteiger partial charge in [-0.3, -0.25) is 4.79 Å². The van der Waals surface area contributed by atoms with Gasteiger partial charge in [-0.1, -0.05) is 12.2 Å². The standard InChI is InChI=1S/C23H34O5/c1-22(2,3)27-17(24)11-15-14-10-16(19-13-8-7-12(9-13)18(14)19)20(15)26-21(25)28-23(4,5)6/h7-8,12-16,18-20H,9-11H2,1-6H3. The van der Waals surface area contributed by atoms with Crippen LogP contribution in [0.2, 0.25) is 0 Å². The van der Waals surface area contributed by atoms with E-state index in [9.17, 15) is 9.59 Å². The molecule has 8 atom stereocenters. The molecule has 3 saturated carbocycles. The highest BCUT2D eigenvalue weighted by atomic mass is 16.7. The molecule has 0 spiro atoms. The first-order valence-corrected chi connectivity index (χ1v) is 10.7. The number of esters is 1. The van der Waals surface area contributed by atoms with Gasteiger partial charge in [-0.15, -0.1) is 0 Å². The van der Waals surface area contributed by atoms with Crippen LogP contribution in [-0.2, 0) is 19.0 Å². The van der Waals surface area contributed by atoms with E-state index in [1.54, 1.807) is 0 Å². The predicted molar refractivity (Wildman–Crippen MR) is 104 cm³/mol. The predicted octanol–water partition coefficient (Wildman–Crippen LogP) is 4.74. The summed E-state index contributed by atoms with van der Waals surface area (Å²) < 4.78 is 16.9. The van der Waals surface area contributed by atoms with Gasteiger partial charge in [-0.05, 0) is 84.0 Å². The first kappa shape index (κ1) is 19.8. The second kappa shape index (κ2) is 6.50. The lowest BCUT2D eigenvalue weighted by atomic mass is 9.67. The van der Waals surface area contributed by atoms with E-state index in [1.807, 2.05) is 41.5 Å². The molecule has 4 aliphatic rings. The summed E-state index contributed by atoms with van der Waals surface area (Å²) in [5.41, 5.74) is -1.10. The van der Waals surface area contributed by atoms with E-state index in [2.05, 4.69) is 12.2 Å². The number of allylic oxidation sites excluding steroid dienone is 2. The van der Waals surface area contributed by atoms with Crippen molar-refractivity contribution < 1.29 is 23.8 Å². The van der Waals surface area contributed by atoms with E-state index in [4.69, 9.17) is 14.2 Å². The number of rotatable bonds is 3. The number of fused-ring (bicyclic) bond motifs is 9. The van der Waals surface area contributed by atoms with Crippen molar-refractivity contribution in [1.82, 2.24) is 0 Å². The average Bonchev–Trinajstić information content (AvgIpc) is 3.22. The Kier molecular flexibility index (Phi) is 4.59. The number of ether oxygens (including phenoxy) is 3. The number of carbonyl (C=O) groups is 2. The van der Waals surface area contributed by atoms with Gasteiger partial charge >= 0.3 is 12.1 Å². The fourth-order valence-electron chi connectivity index (χ4n) is 6.51. The largest absolute Gasteiger partial charge is 0.509 e. The van der Waals surface area contributed by atoms with Crippen LogP contribution in [0.4, 0.5) is 4.79 Å².